The van der Waals surface area contributed by atoms with E-state index in [2.05, 4.69) is 5.32 Å². The molecule has 2 unspecified atom stereocenters. The Kier molecular flexibility index (Phi) is 5.92. The SMILES string of the molecule is NC(Cc1ccc(O)cc1)C(=O)NC(Cc1ccccc1)C(=O)O. The third kappa shape index (κ3) is 5.10. The molecule has 2 atom stereocenters. The zero-order valence-electron chi connectivity index (χ0n) is 13.1. The summed E-state index contributed by atoms with van der Waals surface area (Å²) < 4.78 is 0. The maximum Gasteiger partial charge on any atom is 0.326 e. The zero-order valence-corrected chi connectivity index (χ0v) is 13.1. The highest BCUT2D eigenvalue weighted by atomic mass is 16.4. The Bertz CT molecular complexity index is 686. The number of nitrogens with two attached hydrogens (primary N) is 1. The number of carbonyl (C=O) groups is 2. The number of nitrogens with one attached hydrogen (secondary N) is 1. The van der Waals surface area contributed by atoms with Crippen LogP contribution in [0.1, 0.15) is 11.1 Å². The number of amides is 1. The molecule has 0 aliphatic carbocycles. The van der Waals surface area contributed by atoms with Crippen LogP contribution in [0.15, 0.2) is 54.6 Å². The number of phenols is 1. The second-order valence-corrected chi connectivity index (χ2v) is 5.57. The summed E-state index contributed by atoms with van der Waals surface area (Å²) in [6.45, 7) is 0. The minimum absolute atomic E-state index is 0.130. The number of carboxylic acid groups (broad SMARTS) is 1. The number of aromatic hydroxyl groups is 1. The van der Waals surface area contributed by atoms with Gasteiger partial charge in [0.1, 0.15) is 11.8 Å². The van der Waals surface area contributed by atoms with Gasteiger partial charge in [0.15, 0.2) is 0 Å². The molecule has 6 nitrogen and oxygen atoms in total. The fourth-order valence-electron chi connectivity index (χ4n) is 2.31. The molecule has 0 spiro atoms. The van der Waals surface area contributed by atoms with Gasteiger partial charge in [0.05, 0.1) is 6.04 Å². The summed E-state index contributed by atoms with van der Waals surface area (Å²) in [4.78, 5) is 23.5. The monoisotopic (exact) mass is 328 g/mol. The lowest BCUT2D eigenvalue weighted by atomic mass is 10.0. The van der Waals surface area contributed by atoms with E-state index in [4.69, 9.17) is 5.73 Å². The van der Waals surface area contributed by atoms with Crippen molar-refractivity contribution in [3.8, 4) is 5.75 Å². The molecule has 0 saturated carbocycles. The number of carboxylic acids is 1. The average Bonchev–Trinajstić information content (AvgIpc) is 2.57. The largest absolute Gasteiger partial charge is 0.508 e. The Labute approximate surface area is 139 Å². The summed E-state index contributed by atoms with van der Waals surface area (Å²) >= 11 is 0. The lowest BCUT2D eigenvalue weighted by Gasteiger charge is -2.18. The van der Waals surface area contributed by atoms with Gasteiger partial charge in [-0.3, -0.25) is 4.79 Å². The van der Waals surface area contributed by atoms with Gasteiger partial charge in [-0.25, -0.2) is 4.79 Å². The highest BCUT2D eigenvalue weighted by Crippen LogP contribution is 2.11. The molecule has 0 aliphatic rings. The minimum atomic E-state index is -1.11. The van der Waals surface area contributed by atoms with Crippen molar-refractivity contribution in [2.75, 3.05) is 0 Å². The molecule has 0 radical (unpaired) electrons. The summed E-state index contributed by atoms with van der Waals surface area (Å²) in [5.74, 6) is -1.50. The average molecular weight is 328 g/mol. The molecular formula is C18H20N2O4. The van der Waals surface area contributed by atoms with Crippen molar-refractivity contribution in [1.29, 1.82) is 0 Å². The topological polar surface area (TPSA) is 113 Å². The highest BCUT2D eigenvalue weighted by molar-refractivity contribution is 5.87. The number of hydrogen-bond acceptors (Lipinski definition) is 4. The van der Waals surface area contributed by atoms with Crippen LogP contribution in [0, 0.1) is 0 Å². The van der Waals surface area contributed by atoms with Crippen molar-refractivity contribution in [2.45, 2.75) is 24.9 Å². The van der Waals surface area contributed by atoms with Crippen molar-refractivity contribution < 1.29 is 19.8 Å². The zero-order chi connectivity index (χ0) is 17.5. The Hall–Kier alpha value is -2.86. The van der Waals surface area contributed by atoms with Gasteiger partial charge in [-0.15, -0.1) is 0 Å². The molecule has 2 rings (SSSR count). The van der Waals surface area contributed by atoms with E-state index in [1.807, 2.05) is 18.2 Å². The first-order chi connectivity index (χ1) is 11.5. The fourth-order valence-corrected chi connectivity index (χ4v) is 2.31. The van der Waals surface area contributed by atoms with Crippen molar-refractivity contribution in [2.24, 2.45) is 5.73 Å². The number of hydrogen-bond donors (Lipinski definition) is 4. The minimum Gasteiger partial charge on any atom is -0.508 e. The summed E-state index contributed by atoms with van der Waals surface area (Å²) in [7, 11) is 0. The smallest absolute Gasteiger partial charge is 0.326 e. The summed E-state index contributed by atoms with van der Waals surface area (Å²) in [6.07, 6.45) is 0.442. The molecule has 1 amide bonds. The lowest BCUT2D eigenvalue weighted by Crippen LogP contribution is -2.50. The van der Waals surface area contributed by atoms with Gasteiger partial charge in [-0.1, -0.05) is 42.5 Å². The first kappa shape index (κ1) is 17.5. The van der Waals surface area contributed by atoms with Crippen LogP contribution in [0.25, 0.3) is 0 Å². The molecule has 126 valence electrons. The van der Waals surface area contributed by atoms with Gasteiger partial charge in [0, 0.05) is 6.42 Å². The standard InChI is InChI=1S/C18H20N2O4/c19-15(10-13-6-8-14(21)9-7-13)17(22)20-16(18(23)24)11-12-4-2-1-3-5-12/h1-9,15-16,21H,10-11,19H2,(H,20,22)(H,23,24). The van der Waals surface area contributed by atoms with Gasteiger partial charge in [0.2, 0.25) is 5.91 Å². The number of aliphatic carboxylic acids is 1. The number of carbonyl (C=O) groups excluding carboxylic acids is 1. The van der Waals surface area contributed by atoms with E-state index in [0.29, 0.717) is 0 Å². The Morgan fingerprint density at radius 3 is 2.12 bits per heavy atom. The predicted octanol–water partition coefficient (Wildman–Crippen LogP) is 1.07. The Balaban J connectivity index is 1.96. The summed E-state index contributed by atoms with van der Waals surface area (Å²) in [6, 6.07) is 13.5. The van der Waals surface area contributed by atoms with Crippen molar-refractivity contribution in [1.82, 2.24) is 5.32 Å². The normalized spacial score (nSPS) is 13.0. The molecule has 2 aromatic rings. The molecule has 0 fully saturated rings. The van der Waals surface area contributed by atoms with Crippen LogP contribution >= 0.6 is 0 Å². The van der Waals surface area contributed by atoms with Crippen LogP contribution in [0.5, 0.6) is 5.75 Å². The quantitative estimate of drug-likeness (QED) is 0.607. The second-order valence-electron chi connectivity index (χ2n) is 5.57. The van der Waals surface area contributed by atoms with Gasteiger partial charge in [-0.05, 0) is 29.7 Å². The number of phenolic OH excluding ortho intramolecular Hbond substituents is 1. The van der Waals surface area contributed by atoms with Gasteiger partial charge >= 0.3 is 5.97 Å². The van der Waals surface area contributed by atoms with Crippen molar-refractivity contribution in [3.05, 3.63) is 65.7 Å². The molecule has 0 bridgehead atoms. The molecule has 0 aromatic heterocycles. The van der Waals surface area contributed by atoms with Crippen LogP contribution < -0.4 is 11.1 Å². The van der Waals surface area contributed by atoms with Crippen LogP contribution in [0.2, 0.25) is 0 Å². The van der Waals surface area contributed by atoms with E-state index in [0.717, 1.165) is 11.1 Å². The van der Waals surface area contributed by atoms with E-state index < -0.39 is 24.0 Å². The third-order valence-electron chi connectivity index (χ3n) is 3.63. The Morgan fingerprint density at radius 2 is 1.54 bits per heavy atom. The first-order valence-electron chi connectivity index (χ1n) is 7.56. The van der Waals surface area contributed by atoms with Crippen LogP contribution in [0.4, 0.5) is 0 Å². The lowest BCUT2D eigenvalue weighted by molar-refractivity contribution is -0.141. The maximum absolute atomic E-state index is 12.2. The van der Waals surface area contributed by atoms with E-state index in [9.17, 15) is 19.8 Å². The number of benzene rings is 2. The molecule has 6 heteroatoms. The van der Waals surface area contributed by atoms with E-state index in [1.54, 1.807) is 24.3 Å². The molecule has 0 aliphatic heterocycles. The van der Waals surface area contributed by atoms with E-state index in [1.165, 1.54) is 12.1 Å². The van der Waals surface area contributed by atoms with Crippen molar-refractivity contribution >= 4 is 11.9 Å². The number of rotatable bonds is 7. The summed E-state index contributed by atoms with van der Waals surface area (Å²) in [5, 5.41) is 21.0. The second kappa shape index (κ2) is 8.12. The van der Waals surface area contributed by atoms with E-state index >= 15 is 0 Å². The molecule has 0 saturated heterocycles. The molecule has 0 heterocycles. The predicted molar refractivity (Wildman–Crippen MR) is 89.5 cm³/mol. The van der Waals surface area contributed by atoms with Gasteiger partial charge in [0.25, 0.3) is 0 Å². The van der Waals surface area contributed by atoms with Gasteiger partial charge in [-0.2, -0.15) is 0 Å². The molecule has 5 N–H and O–H groups in total. The first-order valence-corrected chi connectivity index (χ1v) is 7.56. The highest BCUT2D eigenvalue weighted by Gasteiger charge is 2.23. The maximum atomic E-state index is 12.2. The molecule has 24 heavy (non-hydrogen) atoms. The van der Waals surface area contributed by atoms with Crippen LogP contribution in [0.3, 0.4) is 0 Å². The Morgan fingerprint density at radius 1 is 0.958 bits per heavy atom. The molecular weight excluding hydrogens is 308 g/mol. The fraction of sp³-hybridized carbons (Fsp3) is 0.222. The van der Waals surface area contributed by atoms with E-state index in [-0.39, 0.29) is 18.6 Å². The third-order valence-corrected chi connectivity index (χ3v) is 3.63. The van der Waals surface area contributed by atoms with Crippen LogP contribution in [-0.2, 0) is 22.4 Å². The van der Waals surface area contributed by atoms with Crippen LogP contribution in [-0.4, -0.2) is 34.2 Å². The van der Waals surface area contributed by atoms with Gasteiger partial charge < -0.3 is 21.3 Å². The van der Waals surface area contributed by atoms with Crippen molar-refractivity contribution in [3.63, 3.8) is 0 Å². The summed E-state index contributed by atoms with van der Waals surface area (Å²) in [5.41, 5.74) is 7.46. The molecule has 2 aromatic carbocycles.